The molecule has 1 N–H and O–H groups in total. The van der Waals surface area contributed by atoms with Crippen molar-refractivity contribution in [3.63, 3.8) is 0 Å². The van der Waals surface area contributed by atoms with Gasteiger partial charge in [0.25, 0.3) is 0 Å². The van der Waals surface area contributed by atoms with Gasteiger partial charge < -0.3 is 10.2 Å². The topological polar surface area (TPSA) is 49.4 Å². The Bertz CT molecular complexity index is 317. The van der Waals surface area contributed by atoms with E-state index in [-0.39, 0.29) is 17.9 Å². The van der Waals surface area contributed by atoms with Gasteiger partial charge in [-0.1, -0.05) is 19.8 Å². The van der Waals surface area contributed by atoms with Crippen LogP contribution >= 0.6 is 0 Å². The minimum Gasteiger partial charge on any atom is -0.345 e. The summed E-state index contributed by atoms with van der Waals surface area (Å²) in [5, 5.41) is 2.75. The first-order valence-corrected chi connectivity index (χ1v) is 6.69. The lowest BCUT2D eigenvalue weighted by atomic mass is 9.84. The molecule has 4 heteroatoms. The Kier molecular flexibility index (Phi) is 3.69. The van der Waals surface area contributed by atoms with Gasteiger partial charge in [0.2, 0.25) is 11.8 Å². The number of amides is 2. The predicted molar refractivity (Wildman–Crippen MR) is 65.4 cm³/mol. The highest BCUT2D eigenvalue weighted by Gasteiger charge is 2.34. The summed E-state index contributed by atoms with van der Waals surface area (Å²) in [4.78, 5) is 25.7. The van der Waals surface area contributed by atoms with Gasteiger partial charge in [0.05, 0.1) is 0 Å². The molecule has 2 aliphatic rings. The molecule has 1 saturated heterocycles. The van der Waals surface area contributed by atoms with Gasteiger partial charge in [-0.05, 0) is 25.7 Å². The van der Waals surface area contributed by atoms with Gasteiger partial charge in [-0.15, -0.1) is 0 Å². The summed E-state index contributed by atoms with van der Waals surface area (Å²) in [7, 11) is 0. The van der Waals surface area contributed by atoms with Crippen LogP contribution in [0.4, 0.5) is 0 Å². The Morgan fingerprint density at radius 2 is 1.88 bits per heavy atom. The summed E-state index contributed by atoms with van der Waals surface area (Å²) < 4.78 is 0. The van der Waals surface area contributed by atoms with E-state index in [9.17, 15) is 9.59 Å². The van der Waals surface area contributed by atoms with Crippen molar-refractivity contribution >= 4 is 11.8 Å². The molecule has 2 rings (SSSR count). The smallest absolute Gasteiger partial charge is 0.245 e. The molecule has 0 aromatic carbocycles. The first kappa shape index (κ1) is 12.4. The van der Waals surface area contributed by atoms with Crippen LogP contribution in [0.1, 0.15) is 46.0 Å². The monoisotopic (exact) mass is 238 g/mol. The van der Waals surface area contributed by atoms with Crippen LogP contribution in [-0.2, 0) is 9.59 Å². The highest BCUT2D eigenvalue weighted by atomic mass is 16.2. The van der Waals surface area contributed by atoms with Crippen molar-refractivity contribution in [2.75, 3.05) is 6.54 Å². The van der Waals surface area contributed by atoms with Crippen molar-refractivity contribution in [1.29, 1.82) is 0 Å². The zero-order valence-corrected chi connectivity index (χ0v) is 10.7. The van der Waals surface area contributed by atoms with Crippen LogP contribution in [0.5, 0.6) is 0 Å². The van der Waals surface area contributed by atoms with E-state index in [0.717, 1.165) is 6.42 Å². The lowest BCUT2D eigenvalue weighted by Gasteiger charge is -2.38. The van der Waals surface area contributed by atoms with Crippen LogP contribution in [0.15, 0.2) is 0 Å². The summed E-state index contributed by atoms with van der Waals surface area (Å²) in [6.07, 6.45) is 5.21. The molecule has 4 nitrogen and oxygen atoms in total. The Hall–Kier alpha value is -1.06. The second-order valence-corrected chi connectivity index (χ2v) is 5.40. The first-order valence-electron chi connectivity index (χ1n) is 6.69. The van der Waals surface area contributed by atoms with Gasteiger partial charge in [0.1, 0.15) is 6.04 Å². The number of carbonyl (C=O) groups excluding carboxylic acids is 2. The molecule has 0 aromatic heterocycles. The van der Waals surface area contributed by atoms with Crippen molar-refractivity contribution in [2.24, 2.45) is 5.92 Å². The van der Waals surface area contributed by atoms with Crippen molar-refractivity contribution in [3.05, 3.63) is 0 Å². The minimum absolute atomic E-state index is 0.00295. The number of rotatable bonds is 1. The van der Waals surface area contributed by atoms with E-state index in [0.29, 0.717) is 24.9 Å². The van der Waals surface area contributed by atoms with Gasteiger partial charge >= 0.3 is 0 Å². The molecule has 0 spiro atoms. The van der Waals surface area contributed by atoms with Gasteiger partial charge in [0, 0.05) is 19.0 Å². The Morgan fingerprint density at radius 3 is 2.59 bits per heavy atom. The molecular formula is C13H22N2O2. The molecule has 2 fully saturated rings. The summed E-state index contributed by atoms with van der Waals surface area (Å²) >= 11 is 0. The predicted octanol–water partition coefficient (Wildman–Crippen LogP) is 1.30. The molecule has 2 amide bonds. The third-order valence-electron chi connectivity index (χ3n) is 4.08. The summed E-state index contributed by atoms with van der Waals surface area (Å²) in [5.41, 5.74) is 0. The maximum absolute atomic E-state index is 12.2. The highest BCUT2D eigenvalue weighted by molar-refractivity contribution is 5.89. The van der Waals surface area contributed by atoms with Gasteiger partial charge in [-0.25, -0.2) is 0 Å². The molecular weight excluding hydrogens is 216 g/mol. The third kappa shape index (κ3) is 2.61. The van der Waals surface area contributed by atoms with Crippen LogP contribution < -0.4 is 5.32 Å². The van der Waals surface area contributed by atoms with Gasteiger partial charge in [-0.2, -0.15) is 0 Å². The van der Waals surface area contributed by atoms with E-state index in [1.807, 2.05) is 4.90 Å². The normalized spacial score (nSPS) is 35.4. The quantitative estimate of drug-likeness (QED) is 0.748. The zero-order chi connectivity index (χ0) is 12.4. The molecule has 0 bridgehead atoms. The van der Waals surface area contributed by atoms with Crippen LogP contribution in [0.2, 0.25) is 0 Å². The molecule has 1 heterocycles. The van der Waals surface area contributed by atoms with Crippen molar-refractivity contribution in [3.8, 4) is 0 Å². The minimum atomic E-state index is -0.362. The molecule has 3 atom stereocenters. The zero-order valence-electron chi connectivity index (χ0n) is 10.7. The van der Waals surface area contributed by atoms with Crippen molar-refractivity contribution in [2.45, 2.75) is 58.0 Å². The maximum atomic E-state index is 12.2. The lowest BCUT2D eigenvalue weighted by molar-refractivity contribution is -0.136. The summed E-state index contributed by atoms with van der Waals surface area (Å²) in [6, 6.07) is -0.0227. The standard InChI is InChI=1S/C13H22N2O2/c1-9-5-3-4-6-11(9)15-8-7-12(16)14-10(2)13(15)17/h9-11H,3-8H2,1-2H3,(H,14,16). The van der Waals surface area contributed by atoms with Crippen LogP contribution in [0.25, 0.3) is 0 Å². The SMILES string of the molecule is CC1NC(=O)CCN(C2CCCCC2C)C1=O. The van der Waals surface area contributed by atoms with Crippen molar-refractivity contribution in [1.82, 2.24) is 10.2 Å². The van der Waals surface area contributed by atoms with Crippen molar-refractivity contribution < 1.29 is 9.59 Å². The van der Waals surface area contributed by atoms with Gasteiger partial charge in [0.15, 0.2) is 0 Å². The van der Waals surface area contributed by atoms with Crippen LogP contribution in [-0.4, -0.2) is 35.3 Å². The number of nitrogens with zero attached hydrogens (tertiary/aromatic N) is 1. The fraction of sp³-hybridized carbons (Fsp3) is 0.846. The highest BCUT2D eigenvalue weighted by Crippen LogP contribution is 2.29. The largest absolute Gasteiger partial charge is 0.345 e. The van der Waals surface area contributed by atoms with E-state index >= 15 is 0 Å². The van der Waals surface area contributed by atoms with E-state index in [1.54, 1.807) is 6.92 Å². The molecule has 1 aliphatic heterocycles. The molecule has 17 heavy (non-hydrogen) atoms. The van der Waals surface area contributed by atoms with Crippen LogP contribution in [0.3, 0.4) is 0 Å². The molecule has 1 aliphatic carbocycles. The number of hydrogen-bond donors (Lipinski definition) is 1. The number of nitrogens with one attached hydrogen (secondary N) is 1. The first-order chi connectivity index (χ1) is 8.09. The Morgan fingerprint density at radius 1 is 1.18 bits per heavy atom. The third-order valence-corrected chi connectivity index (χ3v) is 4.08. The van der Waals surface area contributed by atoms with E-state index < -0.39 is 0 Å². The fourth-order valence-corrected chi connectivity index (χ4v) is 3.05. The molecule has 0 radical (unpaired) electrons. The van der Waals surface area contributed by atoms with E-state index in [2.05, 4.69) is 12.2 Å². The average molecular weight is 238 g/mol. The fourth-order valence-electron chi connectivity index (χ4n) is 3.05. The average Bonchev–Trinajstić information content (AvgIpc) is 2.41. The number of carbonyl (C=O) groups is 2. The second-order valence-electron chi connectivity index (χ2n) is 5.40. The maximum Gasteiger partial charge on any atom is 0.245 e. The van der Waals surface area contributed by atoms with Crippen LogP contribution in [0, 0.1) is 5.92 Å². The van der Waals surface area contributed by atoms with E-state index in [1.165, 1.54) is 19.3 Å². The molecule has 0 aromatic rings. The molecule has 3 unspecified atom stereocenters. The lowest BCUT2D eigenvalue weighted by Crippen LogP contribution is -2.50. The van der Waals surface area contributed by atoms with Gasteiger partial charge in [-0.3, -0.25) is 9.59 Å². The summed E-state index contributed by atoms with van der Waals surface area (Å²) in [6.45, 7) is 4.60. The Labute approximate surface area is 103 Å². The molecule has 96 valence electrons. The molecule has 1 saturated carbocycles. The Balaban J connectivity index is 2.12. The summed E-state index contributed by atoms with van der Waals surface area (Å²) in [5.74, 6) is 0.652. The second kappa shape index (κ2) is 5.07. The van der Waals surface area contributed by atoms with E-state index in [4.69, 9.17) is 0 Å². The number of hydrogen-bond acceptors (Lipinski definition) is 2.